The summed E-state index contributed by atoms with van der Waals surface area (Å²) in [5.74, 6) is 0. The molecule has 0 fully saturated rings. The quantitative estimate of drug-likeness (QED) is 0.555. The molecule has 46 valence electrons. The number of carbonyl (C=O) groups excluding carboxylic acids is 1. The molecule has 0 saturated carbocycles. The second-order valence-corrected chi connectivity index (χ2v) is 2.19. The number of hydrogen-bond acceptors (Lipinski definition) is 2. The van der Waals surface area contributed by atoms with Crippen LogP contribution in [0.1, 0.15) is 19.8 Å². The van der Waals surface area contributed by atoms with Gasteiger partial charge >= 0.3 is 37.7 Å². The number of thioether (sulfide) groups is 1. The molecule has 0 aliphatic heterocycles. The number of hydrogen-bond donors (Lipinski definition) is 0. The van der Waals surface area contributed by atoms with Crippen LogP contribution >= 0.6 is 11.8 Å². The molecule has 0 aromatic carbocycles. The molecule has 0 unspecified atom stereocenters. The molecule has 0 saturated heterocycles. The minimum absolute atomic E-state index is 0. The topological polar surface area (TPSA) is 17.1 Å². The predicted molar refractivity (Wildman–Crippen MR) is 42.0 cm³/mol. The van der Waals surface area contributed by atoms with Gasteiger partial charge in [-0.25, -0.2) is 0 Å². The van der Waals surface area contributed by atoms with Crippen molar-refractivity contribution in [3.8, 4) is 0 Å². The molecule has 0 N–H and O–H groups in total. The molecule has 0 aromatic rings. The van der Waals surface area contributed by atoms with Crippen molar-refractivity contribution < 1.29 is 4.79 Å². The number of carbonyl (C=O) groups is 1. The van der Waals surface area contributed by atoms with Crippen molar-refractivity contribution in [3.63, 3.8) is 0 Å². The third-order valence-corrected chi connectivity index (χ3v) is 1.34. The average molecular weight is 160 g/mol. The Labute approximate surface area is 84.6 Å². The Bertz CT molecular complexity index is 65.4. The van der Waals surface area contributed by atoms with Gasteiger partial charge in [0.2, 0.25) is 0 Å². The fourth-order valence-corrected chi connectivity index (χ4v) is 0.714. The Hall–Kier alpha value is 1.28. The first-order valence-electron chi connectivity index (χ1n) is 2.38. The molecule has 0 heterocycles. The Morgan fingerprint density at radius 3 is 2.25 bits per heavy atom. The fourth-order valence-electron chi connectivity index (χ4n) is 0.306. The van der Waals surface area contributed by atoms with Crippen LogP contribution in [0.2, 0.25) is 0 Å². The van der Waals surface area contributed by atoms with Gasteiger partial charge in [-0.05, 0) is 12.7 Å². The van der Waals surface area contributed by atoms with Gasteiger partial charge in [-0.15, -0.1) is 0 Å². The van der Waals surface area contributed by atoms with Crippen LogP contribution in [-0.2, 0) is 4.79 Å². The molecule has 1 nitrogen and oxygen atoms in total. The van der Waals surface area contributed by atoms with E-state index in [9.17, 15) is 4.79 Å². The van der Waals surface area contributed by atoms with E-state index in [-0.39, 0.29) is 37.7 Å². The van der Waals surface area contributed by atoms with Gasteiger partial charge in [0, 0.05) is 6.42 Å². The summed E-state index contributed by atoms with van der Waals surface area (Å²) in [4.78, 5) is 10.4. The van der Waals surface area contributed by atoms with Crippen molar-refractivity contribution in [3.05, 3.63) is 0 Å². The molecule has 3 heteroatoms. The standard InChI is InChI=1S/C5H10OS.Ca.2H/c1-3-4-5(6)7-2;;;/h3-4H2,1-2H3;;;. The molecule has 0 amide bonds. The van der Waals surface area contributed by atoms with Crippen molar-refractivity contribution >= 4 is 54.6 Å². The Morgan fingerprint density at radius 2 is 2.12 bits per heavy atom. The van der Waals surface area contributed by atoms with Crippen LogP contribution in [0.3, 0.4) is 0 Å². The third-order valence-electron chi connectivity index (χ3n) is 0.682. The van der Waals surface area contributed by atoms with Gasteiger partial charge in [-0.2, -0.15) is 0 Å². The summed E-state index contributed by atoms with van der Waals surface area (Å²) >= 11 is 1.31. The molecular weight excluding hydrogens is 148 g/mol. The Morgan fingerprint density at radius 1 is 1.62 bits per heavy atom. The minimum atomic E-state index is 0. The zero-order valence-electron chi connectivity index (χ0n) is 4.73. The Balaban J connectivity index is 0. The summed E-state index contributed by atoms with van der Waals surface area (Å²) < 4.78 is 0. The van der Waals surface area contributed by atoms with E-state index < -0.39 is 0 Å². The summed E-state index contributed by atoms with van der Waals surface area (Å²) in [6.45, 7) is 2.01. The maximum absolute atomic E-state index is 10.4. The summed E-state index contributed by atoms with van der Waals surface area (Å²) in [6, 6.07) is 0. The van der Waals surface area contributed by atoms with E-state index in [2.05, 4.69) is 0 Å². The van der Waals surface area contributed by atoms with Crippen molar-refractivity contribution in [2.24, 2.45) is 0 Å². The molecule has 0 atom stereocenters. The van der Waals surface area contributed by atoms with Gasteiger partial charge in [-0.3, -0.25) is 4.79 Å². The van der Waals surface area contributed by atoms with Gasteiger partial charge in [-0.1, -0.05) is 18.7 Å². The molecule has 0 aliphatic rings. The zero-order valence-corrected chi connectivity index (χ0v) is 5.55. The van der Waals surface area contributed by atoms with Crippen LogP contribution in [-0.4, -0.2) is 49.1 Å². The van der Waals surface area contributed by atoms with Crippen molar-refractivity contribution in [1.29, 1.82) is 0 Å². The molecule has 0 aliphatic carbocycles. The van der Waals surface area contributed by atoms with E-state index >= 15 is 0 Å². The first-order valence-corrected chi connectivity index (χ1v) is 3.60. The van der Waals surface area contributed by atoms with Crippen LogP contribution in [0.4, 0.5) is 0 Å². The summed E-state index contributed by atoms with van der Waals surface area (Å²) in [7, 11) is 0. The second kappa shape index (κ2) is 8.28. The van der Waals surface area contributed by atoms with E-state index in [4.69, 9.17) is 0 Å². The molecule has 8 heavy (non-hydrogen) atoms. The first kappa shape index (κ1) is 12.0. The normalized spacial score (nSPS) is 7.75. The van der Waals surface area contributed by atoms with Crippen molar-refractivity contribution in [2.75, 3.05) is 6.26 Å². The van der Waals surface area contributed by atoms with Gasteiger partial charge in [0.05, 0.1) is 0 Å². The average Bonchev–Trinajstić information content (AvgIpc) is 1.68. The molecular formula is C5H12CaOS. The zero-order chi connectivity index (χ0) is 5.70. The van der Waals surface area contributed by atoms with Gasteiger partial charge < -0.3 is 0 Å². The molecule has 0 aromatic heterocycles. The summed E-state index contributed by atoms with van der Waals surface area (Å²) in [5, 5.41) is 0.294. The molecule has 0 rings (SSSR count). The van der Waals surface area contributed by atoms with Gasteiger partial charge in [0.25, 0.3) is 0 Å². The van der Waals surface area contributed by atoms with Crippen molar-refractivity contribution in [1.82, 2.24) is 0 Å². The fraction of sp³-hybridized carbons (Fsp3) is 0.800. The van der Waals surface area contributed by atoms with Crippen LogP contribution in [0.15, 0.2) is 0 Å². The Kier molecular flexibility index (Phi) is 12.4. The van der Waals surface area contributed by atoms with Crippen LogP contribution in [0.25, 0.3) is 0 Å². The summed E-state index contributed by atoms with van der Waals surface area (Å²) in [6.07, 6.45) is 3.51. The second-order valence-electron chi connectivity index (χ2n) is 1.33. The maximum atomic E-state index is 10.4. The van der Waals surface area contributed by atoms with Crippen LogP contribution in [0, 0.1) is 0 Å². The van der Waals surface area contributed by atoms with Crippen LogP contribution < -0.4 is 0 Å². The van der Waals surface area contributed by atoms with E-state index in [0.717, 1.165) is 12.8 Å². The monoisotopic (exact) mass is 160 g/mol. The molecule has 0 bridgehead atoms. The van der Waals surface area contributed by atoms with Gasteiger partial charge in [0.1, 0.15) is 0 Å². The van der Waals surface area contributed by atoms with Crippen molar-refractivity contribution in [2.45, 2.75) is 19.8 Å². The van der Waals surface area contributed by atoms with E-state index in [1.165, 1.54) is 11.8 Å². The van der Waals surface area contributed by atoms with E-state index in [1.807, 2.05) is 13.2 Å². The third kappa shape index (κ3) is 7.28. The van der Waals surface area contributed by atoms with E-state index in [0.29, 0.717) is 5.12 Å². The SMILES string of the molecule is CCCC(=O)SC.[CaH2]. The van der Waals surface area contributed by atoms with Crippen LogP contribution in [0.5, 0.6) is 0 Å². The predicted octanol–water partition coefficient (Wildman–Crippen LogP) is 0.760. The molecule has 0 spiro atoms. The van der Waals surface area contributed by atoms with Gasteiger partial charge in [0.15, 0.2) is 5.12 Å². The molecule has 0 radical (unpaired) electrons. The number of rotatable bonds is 2. The summed E-state index contributed by atoms with van der Waals surface area (Å²) in [5.41, 5.74) is 0. The first-order chi connectivity index (χ1) is 3.31. The van der Waals surface area contributed by atoms with E-state index in [1.54, 1.807) is 0 Å².